The summed E-state index contributed by atoms with van der Waals surface area (Å²) in [4.78, 5) is 11.9. The summed E-state index contributed by atoms with van der Waals surface area (Å²) in [6, 6.07) is 8.05. The van der Waals surface area contributed by atoms with Crippen molar-refractivity contribution in [3.05, 3.63) is 41.6 Å². The van der Waals surface area contributed by atoms with Crippen molar-refractivity contribution in [2.24, 2.45) is 5.92 Å². The van der Waals surface area contributed by atoms with Crippen molar-refractivity contribution in [3.63, 3.8) is 0 Å². The zero-order valence-corrected chi connectivity index (χ0v) is 13.2. The molecule has 1 aromatic carbocycles. The number of rotatable bonds is 6. The molecule has 1 aromatic rings. The number of benzene rings is 1. The molecule has 0 saturated heterocycles. The molecule has 0 saturated carbocycles. The minimum absolute atomic E-state index is 0.217. The molecule has 0 fully saturated rings. The number of ether oxygens (including phenoxy) is 1. The average Bonchev–Trinajstić information content (AvgIpc) is 2.46. The van der Waals surface area contributed by atoms with Crippen molar-refractivity contribution in [2.75, 3.05) is 13.7 Å². The molecule has 1 aliphatic carbocycles. The normalized spacial score (nSPS) is 18.6. The Kier molecular flexibility index (Phi) is 5.43. The van der Waals surface area contributed by atoms with Crippen molar-refractivity contribution in [1.82, 2.24) is 5.32 Å². The van der Waals surface area contributed by atoms with Gasteiger partial charge in [0.15, 0.2) is 5.78 Å². The minimum Gasteiger partial charge on any atom is -0.497 e. The molecule has 114 valence electrons. The summed E-state index contributed by atoms with van der Waals surface area (Å²) < 4.78 is 5.18. The van der Waals surface area contributed by atoms with Gasteiger partial charge in [0.25, 0.3) is 0 Å². The second-order valence-electron chi connectivity index (χ2n) is 6.12. The van der Waals surface area contributed by atoms with Gasteiger partial charge in [-0.05, 0) is 42.4 Å². The summed E-state index contributed by atoms with van der Waals surface area (Å²) in [6.45, 7) is 5.36. The lowest BCUT2D eigenvalue weighted by Gasteiger charge is -2.23. The summed E-state index contributed by atoms with van der Waals surface area (Å²) in [6.07, 6.45) is 4.41. The molecule has 0 aliphatic heterocycles. The number of ketones is 1. The Morgan fingerprint density at radius 1 is 1.24 bits per heavy atom. The van der Waals surface area contributed by atoms with Crippen LogP contribution in [0.4, 0.5) is 0 Å². The predicted molar refractivity (Wildman–Crippen MR) is 85.5 cm³/mol. The summed E-state index contributed by atoms with van der Waals surface area (Å²) >= 11 is 0. The Balaban J connectivity index is 1.99. The van der Waals surface area contributed by atoms with Crippen LogP contribution >= 0.6 is 0 Å². The van der Waals surface area contributed by atoms with E-state index >= 15 is 0 Å². The van der Waals surface area contributed by atoms with Crippen LogP contribution in [0.2, 0.25) is 0 Å². The monoisotopic (exact) mass is 287 g/mol. The van der Waals surface area contributed by atoms with E-state index in [1.165, 1.54) is 5.56 Å². The highest BCUT2D eigenvalue weighted by Gasteiger charge is 2.22. The van der Waals surface area contributed by atoms with Gasteiger partial charge in [0.05, 0.1) is 7.11 Å². The van der Waals surface area contributed by atoms with Crippen LogP contribution in [0.3, 0.4) is 0 Å². The van der Waals surface area contributed by atoms with Crippen LogP contribution in [-0.4, -0.2) is 19.4 Å². The van der Waals surface area contributed by atoms with Crippen LogP contribution in [0, 0.1) is 5.92 Å². The summed E-state index contributed by atoms with van der Waals surface area (Å²) in [5, 5.41) is 3.42. The minimum atomic E-state index is 0.217. The Morgan fingerprint density at radius 3 is 2.57 bits per heavy atom. The zero-order valence-electron chi connectivity index (χ0n) is 13.2. The number of allylic oxidation sites excluding steroid dienone is 2. The van der Waals surface area contributed by atoms with Gasteiger partial charge in [0, 0.05) is 24.7 Å². The van der Waals surface area contributed by atoms with Crippen LogP contribution in [0.15, 0.2) is 36.0 Å². The average molecular weight is 287 g/mol. The second-order valence-corrected chi connectivity index (χ2v) is 6.12. The highest BCUT2D eigenvalue weighted by molar-refractivity contribution is 5.91. The SMILES string of the molecule is COc1ccc([C@@H]2CC(=O)C=C(NCCC(C)C)C2)cc1. The molecule has 0 radical (unpaired) electrons. The number of hydrogen-bond donors (Lipinski definition) is 1. The maximum absolute atomic E-state index is 11.9. The fourth-order valence-corrected chi connectivity index (χ4v) is 2.65. The lowest BCUT2D eigenvalue weighted by atomic mass is 9.85. The van der Waals surface area contributed by atoms with E-state index in [9.17, 15) is 4.79 Å². The van der Waals surface area contributed by atoms with Gasteiger partial charge >= 0.3 is 0 Å². The summed E-state index contributed by atoms with van der Waals surface area (Å²) in [7, 11) is 1.67. The Morgan fingerprint density at radius 2 is 1.95 bits per heavy atom. The molecule has 0 amide bonds. The van der Waals surface area contributed by atoms with Gasteiger partial charge in [-0.25, -0.2) is 0 Å². The molecule has 0 bridgehead atoms. The first-order valence-electron chi connectivity index (χ1n) is 7.69. The van der Waals surface area contributed by atoms with Crippen LogP contribution in [-0.2, 0) is 4.79 Å². The van der Waals surface area contributed by atoms with E-state index < -0.39 is 0 Å². The molecular formula is C18H25NO2. The molecule has 21 heavy (non-hydrogen) atoms. The zero-order chi connectivity index (χ0) is 15.2. The first-order valence-corrected chi connectivity index (χ1v) is 7.69. The molecule has 2 rings (SSSR count). The van der Waals surface area contributed by atoms with E-state index in [1.54, 1.807) is 13.2 Å². The maximum atomic E-state index is 11.9. The van der Waals surface area contributed by atoms with Gasteiger partial charge in [0.2, 0.25) is 0 Å². The highest BCUT2D eigenvalue weighted by Crippen LogP contribution is 2.31. The quantitative estimate of drug-likeness (QED) is 0.867. The van der Waals surface area contributed by atoms with Crippen LogP contribution in [0.25, 0.3) is 0 Å². The summed E-state index contributed by atoms with van der Waals surface area (Å²) in [5.74, 6) is 2.02. The number of carbonyl (C=O) groups excluding carboxylic acids is 1. The van der Waals surface area contributed by atoms with Crippen molar-refractivity contribution < 1.29 is 9.53 Å². The van der Waals surface area contributed by atoms with Gasteiger partial charge in [-0.3, -0.25) is 4.79 Å². The largest absolute Gasteiger partial charge is 0.497 e. The van der Waals surface area contributed by atoms with E-state index in [0.29, 0.717) is 12.3 Å². The van der Waals surface area contributed by atoms with Crippen molar-refractivity contribution in [3.8, 4) is 5.75 Å². The van der Waals surface area contributed by atoms with Gasteiger partial charge in [0.1, 0.15) is 5.75 Å². The lowest BCUT2D eigenvalue weighted by molar-refractivity contribution is -0.115. The predicted octanol–water partition coefficient (Wildman–Crippen LogP) is 3.66. The molecule has 0 heterocycles. The van der Waals surface area contributed by atoms with E-state index in [1.807, 2.05) is 12.1 Å². The molecule has 1 aliphatic rings. The van der Waals surface area contributed by atoms with Crippen molar-refractivity contribution in [2.45, 2.75) is 39.0 Å². The number of carbonyl (C=O) groups is 1. The second kappa shape index (κ2) is 7.30. The lowest BCUT2D eigenvalue weighted by Crippen LogP contribution is -2.23. The van der Waals surface area contributed by atoms with Gasteiger partial charge in [-0.2, -0.15) is 0 Å². The van der Waals surface area contributed by atoms with Gasteiger partial charge in [-0.15, -0.1) is 0 Å². The standard InChI is InChI=1S/C18H25NO2/c1-13(2)8-9-19-16-10-15(11-17(20)12-16)14-4-6-18(21-3)7-5-14/h4-7,12-13,15,19H,8-11H2,1-3H3/t15-/m0/s1. The Hall–Kier alpha value is -1.77. The fraction of sp³-hybridized carbons (Fsp3) is 0.500. The van der Waals surface area contributed by atoms with E-state index in [2.05, 4.69) is 31.3 Å². The van der Waals surface area contributed by atoms with Gasteiger partial charge in [-0.1, -0.05) is 26.0 Å². The highest BCUT2D eigenvalue weighted by atomic mass is 16.5. The van der Waals surface area contributed by atoms with Gasteiger partial charge < -0.3 is 10.1 Å². The maximum Gasteiger partial charge on any atom is 0.158 e. The van der Waals surface area contributed by atoms with Crippen LogP contribution < -0.4 is 10.1 Å². The van der Waals surface area contributed by atoms with E-state index in [0.717, 1.165) is 30.8 Å². The third-order valence-electron chi connectivity index (χ3n) is 3.91. The molecule has 3 heteroatoms. The molecule has 0 aromatic heterocycles. The Labute approximate surface area is 127 Å². The molecular weight excluding hydrogens is 262 g/mol. The van der Waals surface area contributed by atoms with Crippen LogP contribution in [0.1, 0.15) is 44.6 Å². The van der Waals surface area contributed by atoms with Crippen LogP contribution in [0.5, 0.6) is 5.75 Å². The third kappa shape index (κ3) is 4.62. The number of hydrogen-bond acceptors (Lipinski definition) is 3. The Bertz CT molecular complexity index is 502. The molecule has 0 unspecified atom stereocenters. The van der Waals surface area contributed by atoms with E-state index in [-0.39, 0.29) is 11.7 Å². The van der Waals surface area contributed by atoms with Crippen molar-refractivity contribution in [1.29, 1.82) is 0 Å². The molecule has 3 nitrogen and oxygen atoms in total. The summed E-state index contributed by atoms with van der Waals surface area (Å²) in [5.41, 5.74) is 2.29. The first kappa shape index (κ1) is 15.6. The fourth-order valence-electron chi connectivity index (χ4n) is 2.65. The van der Waals surface area contributed by atoms with E-state index in [4.69, 9.17) is 4.74 Å². The van der Waals surface area contributed by atoms with Crippen molar-refractivity contribution >= 4 is 5.78 Å². The number of nitrogens with one attached hydrogen (secondary N) is 1. The smallest absolute Gasteiger partial charge is 0.158 e. The topological polar surface area (TPSA) is 38.3 Å². The molecule has 1 atom stereocenters. The molecule has 0 spiro atoms. The third-order valence-corrected chi connectivity index (χ3v) is 3.91. The molecule has 1 N–H and O–H groups in total. The number of methoxy groups -OCH3 is 1. The first-order chi connectivity index (χ1) is 10.1.